The first-order chi connectivity index (χ1) is 19.8. The van der Waals surface area contributed by atoms with Crippen LogP contribution in [0.15, 0.2) is 48.5 Å². The van der Waals surface area contributed by atoms with Gasteiger partial charge in [-0.3, -0.25) is 19.2 Å². The number of methoxy groups -OCH3 is 1. The van der Waals surface area contributed by atoms with E-state index in [1.54, 1.807) is 12.0 Å². The van der Waals surface area contributed by atoms with Gasteiger partial charge in [0.1, 0.15) is 23.6 Å². The molecule has 2 aromatic carbocycles. The molecule has 3 atom stereocenters. The number of nitrogens with one attached hydrogen (secondary N) is 3. The Morgan fingerprint density at radius 3 is 2.66 bits per heavy atom. The zero-order valence-corrected chi connectivity index (χ0v) is 23.8. The van der Waals surface area contributed by atoms with Crippen LogP contribution in [0, 0.1) is 5.92 Å². The van der Waals surface area contributed by atoms with Crippen LogP contribution in [0.25, 0.3) is 0 Å². The lowest BCUT2D eigenvalue weighted by atomic mass is 9.94. The molecule has 2 aromatic rings. The van der Waals surface area contributed by atoms with Gasteiger partial charge in [0.25, 0.3) is 0 Å². The van der Waals surface area contributed by atoms with Gasteiger partial charge in [-0.15, -0.1) is 0 Å². The average molecular weight is 565 g/mol. The zero-order chi connectivity index (χ0) is 29.2. The van der Waals surface area contributed by atoms with Gasteiger partial charge < -0.3 is 30.3 Å². The summed E-state index contributed by atoms with van der Waals surface area (Å²) in [5.41, 5.74) is 1.77. The number of rotatable bonds is 5. The molecule has 0 aromatic heterocycles. The van der Waals surface area contributed by atoms with Crippen molar-refractivity contribution >= 4 is 23.6 Å². The van der Waals surface area contributed by atoms with Gasteiger partial charge in [0.15, 0.2) is 0 Å². The van der Waals surface area contributed by atoms with Gasteiger partial charge in [0.2, 0.25) is 23.6 Å². The summed E-state index contributed by atoms with van der Waals surface area (Å²) < 4.78 is 11.6. The minimum atomic E-state index is -1.09. The van der Waals surface area contributed by atoms with E-state index >= 15 is 0 Å². The Bertz CT molecular complexity index is 1220. The number of aryl methyl sites for hydroxylation is 1. The van der Waals surface area contributed by atoms with Crippen molar-refractivity contribution < 1.29 is 28.7 Å². The first kappa shape index (κ1) is 29.9. The van der Waals surface area contributed by atoms with Crippen LogP contribution in [0.2, 0.25) is 0 Å². The van der Waals surface area contributed by atoms with Gasteiger partial charge in [0, 0.05) is 32.1 Å². The number of hydrogen-bond donors (Lipinski definition) is 3. The van der Waals surface area contributed by atoms with Crippen molar-refractivity contribution in [2.45, 2.75) is 64.1 Å². The quantitative estimate of drug-likeness (QED) is 0.512. The second kappa shape index (κ2) is 14.5. The van der Waals surface area contributed by atoms with Crippen LogP contribution >= 0.6 is 0 Å². The second-order valence-corrected chi connectivity index (χ2v) is 10.7. The number of ether oxygens (including phenoxy) is 2. The fraction of sp³-hybridized carbons (Fsp3) is 0.484. The van der Waals surface area contributed by atoms with Crippen molar-refractivity contribution in [1.82, 2.24) is 20.9 Å². The van der Waals surface area contributed by atoms with E-state index in [1.165, 1.54) is 6.92 Å². The number of amides is 4. The van der Waals surface area contributed by atoms with E-state index < -0.39 is 23.9 Å². The summed E-state index contributed by atoms with van der Waals surface area (Å²) in [4.78, 5) is 53.9. The van der Waals surface area contributed by atoms with Crippen LogP contribution in [0.4, 0.5) is 0 Å². The summed E-state index contributed by atoms with van der Waals surface area (Å²) in [6.07, 6.45) is 3.33. The summed E-state index contributed by atoms with van der Waals surface area (Å²) >= 11 is 0. The van der Waals surface area contributed by atoms with Gasteiger partial charge in [-0.05, 0) is 61.8 Å². The lowest BCUT2D eigenvalue weighted by Crippen LogP contribution is -2.55. The number of benzene rings is 2. The number of carbonyl (C=O) groups is 4. The summed E-state index contributed by atoms with van der Waals surface area (Å²) in [6, 6.07) is 13.2. The Morgan fingerprint density at radius 1 is 1.10 bits per heavy atom. The number of carbonyl (C=O) groups excluding carboxylic acids is 4. The van der Waals surface area contributed by atoms with Crippen molar-refractivity contribution in [2.24, 2.45) is 5.92 Å². The molecular weight excluding hydrogens is 524 g/mol. The van der Waals surface area contributed by atoms with Crippen LogP contribution in [0.1, 0.15) is 50.2 Å². The number of hydrogen-bond acceptors (Lipinski definition) is 6. The molecule has 10 nitrogen and oxygen atoms in total. The number of nitrogens with zero attached hydrogens (tertiary/aromatic N) is 1. The highest BCUT2D eigenvalue weighted by molar-refractivity contribution is 5.94. The molecule has 4 rings (SSSR count). The minimum Gasteiger partial charge on any atom is -0.496 e. The zero-order valence-electron chi connectivity index (χ0n) is 23.8. The third-order valence-electron chi connectivity index (χ3n) is 7.64. The van der Waals surface area contributed by atoms with Gasteiger partial charge in [-0.2, -0.15) is 0 Å². The summed E-state index contributed by atoms with van der Waals surface area (Å²) in [5, 5.41) is 8.36. The Kier molecular flexibility index (Phi) is 10.6. The molecule has 1 saturated heterocycles. The molecule has 2 heterocycles. The minimum absolute atomic E-state index is 0.169. The molecule has 4 bridgehead atoms. The maximum absolute atomic E-state index is 13.5. The van der Waals surface area contributed by atoms with Crippen molar-refractivity contribution in [3.63, 3.8) is 0 Å². The van der Waals surface area contributed by atoms with E-state index in [-0.39, 0.29) is 30.7 Å². The van der Waals surface area contributed by atoms with Crippen molar-refractivity contribution in [3.8, 4) is 11.5 Å². The lowest BCUT2D eigenvalue weighted by Gasteiger charge is -2.34. The Hall–Kier alpha value is -4.08. The van der Waals surface area contributed by atoms with Crippen LogP contribution in [0.5, 0.6) is 11.5 Å². The van der Waals surface area contributed by atoms with E-state index in [0.29, 0.717) is 44.0 Å². The highest BCUT2D eigenvalue weighted by Gasteiger charge is 2.31. The van der Waals surface area contributed by atoms with Crippen LogP contribution < -0.4 is 25.4 Å². The molecule has 2 aliphatic heterocycles. The van der Waals surface area contributed by atoms with Crippen LogP contribution in [-0.4, -0.2) is 67.4 Å². The predicted molar refractivity (Wildman–Crippen MR) is 153 cm³/mol. The van der Waals surface area contributed by atoms with Crippen molar-refractivity contribution in [1.29, 1.82) is 0 Å². The molecule has 3 N–H and O–H groups in total. The topological polar surface area (TPSA) is 126 Å². The first-order valence-electron chi connectivity index (χ1n) is 14.3. The van der Waals surface area contributed by atoms with Gasteiger partial charge in [-0.1, -0.05) is 30.3 Å². The molecular formula is C31H40N4O6. The van der Waals surface area contributed by atoms with E-state index in [0.717, 1.165) is 30.4 Å². The molecule has 1 unspecified atom stereocenters. The van der Waals surface area contributed by atoms with E-state index in [4.69, 9.17) is 9.47 Å². The van der Waals surface area contributed by atoms with E-state index in [9.17, 15) is 19.2 Å². The van der Waals surface area contributed by atoms with Gasteiger partial charge >= 0.3 is 0 Å². The molecule has 1 fully saturated rings. The lowest BCUT2D eigenvalue weighted by molar-refractivity contribution is -0.138. The SMILES string of the molecule is COc1ccc2cc1CNC(=O)[C@H](CCc1ccccc1)NC(=O)[C@@H](NC(C)=O)CC(=O)N1CCCC(CCO2)C1. The summed E-state index contributed by atoms with van der Waals surface area (Å²) in [5.74, 6) is -0.00299. The Morgan fingerprint density at radius 2 is 1.90 bits per heavy atom. The summed E-state index contributed by atoms with van der Waals surface area (Å²) in [7, 11) is 1.57. The molecule has 10 heteroatoms. The third kappa shape index (κ3) is 8.70. The molecule has 2 aliphatic rings. The monoisotopic (exact) mass is 564 g/mol. The molecule has 0 spiro atoms. The fourth-order valence-electron chi connectivity index (χ4n) is 5.41. The predicted octanol–water partition coefficient (Wildman–Crippen LogP) is 2.34. The van der Waals surface area contributed by atoms with Gasteiger partial charge in [0.05, 0.1) is 20.1 Å². The molecule has 0 radical (unpaired) electrons. The molecule has 4 amide bonds. The smallest absolute Gasteiger partial charge is 0.243 e. The molecule has 41 heavy (non-hydrogen) atoms. The van der Waals surface area contributed by atoms with E-state index in [1.807, 2.05) is 48.5 Å². The maximum atomic E-state index is 13.5. The largest absolute Gasteiger partial charge is 0.496 e. The Balaban J connectivity index is 1.60. The Labute approximate surface area is 241 Å². The standard InChI is InChI=1S/C31H40N4O6/c1-21(36)33-27-18-29(37)35-15-6-9-23(20-35)14-16-41-25-11-13-28(40-2)24(17-25)19-32-30(38)26(34-31(27)39)12-10-22-7-4-3-5-8-22/h3-5,7-8,11,13,17,23,26-27H,6,9-10,12,14-16,18-20H2,1-2H3,(H,32,38)(H,33,36)(H,34,39)/t23?,26-,27-/m0/s1. The third-order valence-corrected chi connectivity index (χ3v) is 7.64. The molecule has 0 saturated carbocycles. The van der Waals surface area contributed by atoms with Gasteiger partial charge in [-0.25, -0.2) is 0 Å². The number of piperidine rings is 1. The highest BCUT2D eigenvalue weighted by Crippen LogP contribution is 2.26. The second-order valence-electron chi connectivity index (χ2n) is 10.7. The maximum Gasteiger partial charge on any atom is 0.243 e. The van der Waals surface area contributed by atoms with Crippen LogP contribution in [-0.2, 0) is 32.1 Å². The van der Waals surface area contributed by atoms with Crippen molar-refractivity contribution in [2.75, 3.05) is 26.8 Å². The van der Waals surface area contributed by atoms with Crippen molar-refractivity contribution in [3.05, 3.63) is 59.7 Å². The summed E-state index contributed by atoms with van der Waals surface area (Å²) in [6.45, 7) is 3.15. The number of fused-ring (bicyclic) bond motifs is 4. The average Bonchev–Trinajstić information content (AvgIpc) is 2.97. The normalized spacial score (nSPS) is 22.3. The first-order valence-corrected chi connectivity index (χ1v) is 14.3. The van der Waals surface area contributed by atoms with E-state index in [2.05, 4.69) is 16.0 Å². The molecule has 0 aliphatic carbocycles. The fourth-order valence-corrected chi connectivity index (χ4v) is 5.41. The molecule has 220 valence electrons. The van der Waals surface area contributed by atoms with Crippen LogP contribution in [0.3, 0.4) is 0 Å². The highest BCUT2D eigenvalue weighted by atomic mass is 16.5.